The van der Waals surface area contributed by atoms with Crippen molar-refractivity contribution >= 4 is 21.8 Å². The van der Waals surface area contributed by atoms with Crippen molar-refractivity contribution in [2.45, 2.75) is 26.0 Å². The number of amides is 1. The molecular weight excluding hydrogens is 284 g/mol. The van der Waals surface area contributed by atoms with E-state index < -0.39 is 12.0 Å². The van der Waals surface area contributed by atoms with Gasteiger partial charge in [-0.15, -0.1) is 0 Å². The van der Waals surface area contributed by atoms with E-state index in [1.807, 2.05) is 32.2 Å². The molecule has 1 aromatic carbocycles. The summed E-state index contributed by atoms with van der Waals surface area (Å²) in [5.74, 6) is 0.189. The van der Waals surface area contributed by atoms with Gasteiger partial charge in [0.15, 0.2) is 6.10 Å². The fourth-order valence-corrected chi connectivity index (χ4v) is 1.97. The van der Waals surface area contributed by atoms with E-state index in [1.54, 1.807) is 0 Å². The number of ether oxygens (including phenoxy) is 1. The second kappa shape index (κ2) is 6.61. The average molecular weight is 301 g/mol. The van der Waals surface area contributed by atoms with Crippen LogP contribution in [0.4, 0.5) is 0 Å². The summed E-state index contributed by atoms with van der Waals surface area (Å²) in [5.41, 5.74) is 6.37. The fraction of sp³-hybridized carbons (Fsp3) is 0.417. The zero-order chi connectivity index (χ0) is 12.8. The van der Waals surface area contributed by atoms with Crippen LogP contribution in [0.3, 0.4) is 0 Å². The predicted molar refractivity (Wildman–Crippen MR) is 70.8 cm³/mol. The zero-order valence-corrected chi connectivity index (χ0v) is 11.6. The third-order valence-corrected chi connectivity index (χ3v) is 2.95. The van der Waals surface area contributed by atoms with Crippen LogP contribution < -0.4 is 15.8 Å². The maximum Gasteiger partial charge on any atom is 0.258 e. The lowest BCUT2D eigenvalue weighted by molar-refractivity contribution is -0.124. The Morgan fingerprint density at radius 1 is 1.59 bits per heavy atom. The highest BCUT2D eigenvalue weighted by Gasteiger charge is 2.15. The van der Waals surface area contributed by atoms with Crippen LogP contribution >= 0.6 is 15.9 Å². The smallest absolute Gasteiger partial charge is 0.258 e. The molecule has 1 amide bonds. The molecule has 4 nitrogen and oxygen atoms in total. The summed E-state index contributed by atoms with van der Waals surface area (Å²) in [7, 11) is 1.89. The summed E-state index contributed by atoms with van der Waals surface area (Å²) in [6.45, 7) is 2.64. The van der Waals surface area contributed by atoms with Crippen LogP contribution in [0.5, 0.6) is 5.75 Å². The number of carbonyl (C=O) groups is 1. The summed E-state index contributed by atoms with van der Waals surface area (Å²) in [6.07, 6.45) is -0.0264. The van der Waals surface area contributed by atoms with Gasteiger partial charge in [-0.1, -0.05) is 13.0 Å². The monoisotopic (exact) mass is 300 g/mol. The second-order valence-corrected chi connectivity index (χ2v) is 4.57. The van der Waals surface area contributed by atoms with Gasteiger partial charge in [-0.3, -0.25) is 4.79 Å². The Morgan fingerprint density at radius 3 is 2.76 bits per heavy atom. The molecule has 0 heterocycles. The highest BCUT2D eigenvalue weighted by atomic mass is 79.9. The lowest BCUT2D eigenvalue weighted by Crippen LogP contribution is -2.33. The van der Waals surface area contributed by atoms with E-state index in [9.17, 15) is 4.79 Å². The molecule has 0 aliphatic carbocycles. The number of halogens is 1. The molecule has 3 N–H and O–H groups in total. The molecule has 0 spiro atoms. The molecule has 1 rings (SSSR count). The molecule has 1 unspecified atom stereocenters. The first-order valence-corrected chi connectivity index (χ1v) is 6.26. The fourth-order valence-electron chi connectivity index (χ4n) is 1.45. The quantitative estimate of drug-likeness (QED) is 0.842. The maximum absolute atomic E-state index is 11.1. The standard InChI is InChI=1S/C12H17BrN2O2/c1-3-10(12(14)16)17-11-5-4-8(7-15-2)6-9(11)13/h4-6,10,15H,3,7H2,1-2H3,(H2,14,16). The van der Waals surface area contributed by atoms with Gasteiger partial charge in [0.25, 0.3) is 5.91 Å². The van der Waals surface area contributed by atoms with Crippen molar-refractivity contribution in [1.29, 1.82) is 0 Å². The molecule has 0 aliphatic heterocycles. The number of hydrogen-bond donors (Lipinski definition) is 2. The van der Waals surface area contributed by atoms with E-state index in [0.717, 1.165) is 16.6 Å². The van der Waals surface area contributed by atoms with Crippen molar-refractivity contribution in [2.75, 3.05) is 7.05 Å². The number of rotatable bonds is 6. The number of primary amides is 1. The molecule has 5 heteroatoms. The number of carbonyl (C=O) groups excluding carboxylic acids is 1. The van der Waals surface area contributed by atoms with E-state index in [0.29, 0.717) is 12.2 Å². The topological polar surface area (TPSA) is 64.3 Å². The number of nitrogens with two attached hydrogens (primary N) is 1. The molecule has 1 aromatic rings. The van der Waals surface area contributed by atoms with Crippen LogP contribution in [0.15, 0.2) is 22.7 Å². The lowest BCUT2D eigenvalue weighted by Gasteiger charge is -2.15. The summed E-state index contributed by atoms with van der Waals surface area (Å²) in [6, 6.07) is 5.74. The Bertz CT molecular complexity index is 396. The zero-order valence-electron chi connectivity index (χ0n) is 10.00. The Labute approximate surface area is 110 Å². The molecular formula is C12H17BrN2O2. The van der Waals surface area contributed by atoms with E-state index in [-0.39, 0.29) is 0 Å². The molecule has 1 atom stereocenters. The molecule has 0 saturated heterocycles. The SMILES string of the molecule is CCC(Oc1ccc(CNC)cc1Br)C(N)=O. The molecule has 0 fully saturated rings. The number of hydrogen-bond acceptors (Lipinski definition) is 3. The highest BCUT2D eigenvalue weighted by Crippen LogP contribution is 2.27. The third-order valence-electron chi connectivity index (χ3n) is 2.33. The summed E-state index contributed by atoms with van der Waals surface area (Å²) in [5, 5.41) is 3.07. The van der Waals surface area contributed by atoms with Gasteiger partial charge in [-0.25, -0.2) is 0 Å². The summed E-state index contributed by atoms with van der Waals surface area (Å²) in [4.78, 5) is 11.1. The van der Waals surface area contributed by atoms with Crippen LogP contribution in [0, 0.1) is 0 Å². The van der Waals surface area contributed by atoms with Crippen molar-refractivity contribution in [2.24, 2.45) is 5.73 Å². The van der Waals surface area contributed by atoms with Gasteiger partial charge in [0.2, 0.25) is 0 Å². The van der Waals surface area contributed by atoms with Gasteiger partial charge in [-0.2, -0.15) is 0 Å². The first-order valence-electron chi connectivity index (χ1n) is 5.47. The van der Waals surface area contributed by atoms with Crippen molar-refractivity contribution in [1.82, 2.24) is 5.32 Å². The summed E-state index contributed by atoms with van der Waals surface area (Å²) >= 11 is 3.42. The molecule has 17 heavy (non-hydrogen) atoms. The molecule has 0 radical (unpaired) electrons. The molecule has 94 valence electrons. The van der Waals surface area contributed by atoms with Crippen LogP contribution in [0.1, 0.15) is 18.9 Å². The number of benzene rings is 1. The Morgan fingerprint density at radius 2 is 2.29 bits per heavy atom. The largest absolute Gasteiger partial charge is 0.479 e. The van der Waals surface area contributed by atoms with Gasteiger partial charge < -0.3 is 15.8 Å². The normalized spacial score (nSPS) is 12.2. The van der Waals surface area contributed by atoms with E-state index in [2.05, 4.69) is 21.2 Å². The maximum atomic E-state index is 11.1. The third kappa shape index (κ3) is 4.02. The predicted octanol–water partition coefficient (Wildman–Crippen LogP) is 1.81. The minimum absolute atomic E-state index is 0.446. The Hall–Kier alpha value is -1.07. The van der Waals surface area contributed by atoms with Crippen molar-refractivity contribution in [3.63, 3.8) is 0 Å². The second-order valence-electron chi connectivity index (χ2n) is 3.71. The van der Waals surface area contributed by atoms with Crippen molar-refractivity contribution in [3.8, 4) is 5.75 Å². The Kier molecular flexibility index (Phi) is 5.44. The van der Waals surface area contributed by atoms with Gasteiger partial charge in [0.1, 0.15) is 5.75 Å². The van der Waals surface area contributed by atoms with Gasteiger partial charge in [0.05, 0.1) is 4.47 Å². The first kappa shape index (κ1) is 14.0. The molecule has 0 aliphatic rings. The van der Waals surface area contributed by atoms with Crippen molar-refractivity contribution < 1.29 is 9.53 Å². The van der Waals surface area contributed by atoms with Gasteiger partial charge in [-0.05, 0) is 47.1 Å². The molecule has 0 aromatic heterocycles. The van der Waals surface area contributed by atoms with Crippen LogP contribution in [0.2, 0.25) is 0 Å². The van der Waals surface area contributed by atoms with E-state index in [4.69, 9.17) is 10.5 Å². The number of nitrogens with one attached hydrogen (secondary N) is 1. The van der Waals surface area contributed by atoms with Gasteiger partial charge >= 0.3 is 0 Å². The molecule has 0 saturated carbocycles. The van der Waals surface area contributed by atoms with Crippen LogP contribution in [-0.2, 0) is 11.3 Å². The molecule has 0 bridgehead atoms. The average Bonchev–Trinajstić information content (AvgIpc) is 2.28. The summed E-state index contributed by atoms with van der Waals surface area (Å²) < 4.78 is 6.37. The van der Waals surface area contributed by atoms with Gasteiger partial charge in [0, 0.05) is 6.54 Å². The van der Waals surface area contributed by atoms with Crippen LogP contribution in [0.25, 0.3) is 0 Å². The highest BCUT2D eigenvalue weighted by molar-refractivity contribution is 9.10. The minimum Gasteiger partial charge on any atom is -0.479 e. The van der Waals surface area contributed by atoms with E-state index in [1.165, 1.54) is 0 Å². The lowest BCUT2D eigenvalue weighted by atomic mass is 10.2. The van der Waals surface area contributed by atoms with Crippen LogP contribution in [-0.4, -0.2) is 19.1 Å². The van der Waals surface area contributed by atoms with E-state index >= 15 is 0 Å². The minimum atomic E-state index is -0.582. The van der Waals surface area contributed by atoms with Crippen molar-refractivity contribution in [3.05, 3.63) is 28.2 Å². The first-order chi connectivity index (χ1) is 8.08. The Balaban J connectivity index is 2.81.